The number of carbonyl (C=O) groups is 4. The highest BCUT2D eigenvalue weighted by Crippen LogP contribution is 2.30. The molecule has 0 bridgehead atoms. The molecule has 0 aliphatic carbocycles. The Morgan fingerprint density at radius 1 is 0.781 bits per heavy atom. The van der Waals surface area contributed by atoms with Crippen molar-refractivity contribution >= 4 is 23.9 Å². The second-order valence-corrected chi connectivity index (χ2v) is 7.17. The average Bonchev–Trinajstić information content (AvgIpc) is 2.70. The summed E-state index contributed by atoms with van der Waals surface area (Å²) in [7, 11) is 0. The molecule has 0 unspecified atom stereocenters. The molecule has 1 aromatic carbocycles. The highest BCUT2D eigenvalue weighted by atomic mass is 16.7. The minimum Gasteiger partial charge on any atom is -0.463 e. The van der Waals surface area contributed by atoms with E-state index in [1.54, 1.807) is 0 Å². The highest BCUT2D eigenvalue weighted by molar-refractivity contribution is 5.68. The van der Waals surface area contributed by atoms with Gasteiger partial charge in [0.2, 0.25) is 0 Å². The zero-order valence-electron chi connectivity index (χ0n) is 18.5. The van der Waals surface area contributed by atoms with E-state index in [-0.39, 0.29) is 13.2 Å². The molecule has 10 nitrogen and oxygen atoms in total. The normalized spacial score (nSPS) is 24.8. The van der Waals surface area contributed by atoms with Crippen LogP contribution in [0, 0.1) is 0 Å². The van der Waals surface area contributed by atoms with Crippen molar-refractivity contribution in [2.45, 2.75) is 64.8 Å². The molecule has 0 aromatic heterocycles. The Morgan fingerprint density at radius 2 is 1.34 bits per heavy atom. The van der Waals surface area contributed by atoms with Crippen molar-refractivity contribution in [3.63, 3.8) is 0 Å². The van der Waals surface area contributed by atoms with Crippen molar-refractivity contribution in [1.82, 2.24) is 0 Å². The molecule has 2 rings (SSSR count). The molecule has 1 saturated heterocycles. The SMILES string of the molecule is CC(=O)OC[C@H]1O[C@@H](OCCc2ccccc2)[C@H](OC(C)=O)[C@@H](OC(C)=O)[C@@H]1OC(C)=O. The standard InChI is InChI=1S/C22H28O10/c1-13(23)28-12-18-19(29-14(2)24)20(30-15(3)25)21(31-16(4)26)22(32-18)27-11-10-17-8-6-5-7-9-17/h5-9,18-22H,10-12H2,1-4H3/t18-,19-,20+,21-,22-/m1/s1. The van der Waals surface area contributed by atoms with Gasteiger partial charge in [0.1, 0.15) is 12.7 Å². The van der Waals surface area contributed by atoms with Gasteiger partial charge >= 0.3 is 23.9 Å². The van der Waals surface area contributed by atoms with E-state index in [0.717, 1.165) is 19.4 Å². The Bertz CT molecular complexity index is 793. The zero-order chi connectivity index (χ0) is 23.7. The van der Waals surface area contributed by atoms with Gasteiger partial charge in [-0.15, -0.1) is 0 Å². The molecule has 1 aliphatic rings. The Morgan fingerprint density at radius 3 is 1.91 bits per heavy atom. The lowest BCUT2D eigenvalue weighted by Crippen LogP contribution is -2.63. The Balaban J connectivity index is 2.28. The van der Waals surface area contributed by atoms with Crippen LogP contribution in [-0.2, 0) is 54.0 Å². The van der Waals surface area contributed by atoms with E-state index in [0.29, 0.717) is 6.42 Å². The Labute approximate surface area is 186 Å². The van der Waals surface area contributed by atoms with Crippen molar-refractivity contribution < 1.29 is 47.6 Å². The lowest BCUT2D eigenvalue weighted by Gasteiger charge is -2.44. The first-order valence-corrected chi connectivity index (χ1v) is 10.1. The third-order valence-electron chi connectivity index (χ3n) is 4.46. The van der Waals surface area contributed by atoms with Gasteiger partial charge in [-0.1, -0.05) is 30.3 Å². The van der Waals surface area contributed by atoms with Crippen molar-refractivity contribution in [2.75, 3.05) is 13.2 Å². The van der Waals surface area contributed by atoms with Crippen molar-refractivity contribution in [3.05, 3.63) is 35.9 Å². The number of rotatable bonds is 9. The number of ether oxygens (including phenoxy) is 6. The highest BCUT2D eigenvalue weighted by Gasteiger charge is 2.52. The third kappa shape index (κ3) is 7.93. The van der Waals surface area contributed by atoms with Crippen molar-refractivity contribution in [3.8, 4) is 0 Å². The second kappa shape index (κ2) is 12.2. The van der Waals surface area contributed by atoms with E-state index >= 15 is 0 Å². The summed E-state index contributed by atoms with van der Waals surface area (Å²) in [6.07, 6.45) is -5.32. The molecule has 1 heterocycles. The molecule has 5 atom stereocenters. The minimum atomic E-state index is -1.24. The molecular weight excluding hydrogens is 424 g/mol. The van der Waals surface area contributed by atoms with Crippen LogP contribution in [0.1, 0.15) is 33.3 Å². The van der Waals surface area contributed by atoms with E-state index in [1.807, 2.05) is 30.3 Å². The molecule has 0 N–H and O–H groups in total. The molecule has 1 aromatic rings. The molecule has 10 heteroatoms. The topological polar surface area (TPSA) is 124 Å². The van der Waals surface area contributed by atoms with E-state index in [9.17, 15) is 19.2 Å². The van der Waals surface area contributed by atoms with Gasteiger partial charge in [0.15, 0.2) is 24.6 Å². The van der Waals surface area contributed by atoms with E-state index in [2.05, 4.69) is 0 Å². The molecule has 32 heavy (non-hydrogen) atoms. The minimum absolute atomic E-state index is 0.192. The van der Waals surface area contributed by atoms with Crippen LogP contribution in [0.5, 0.6) is 0 Å². The maximum atomic E-state index is 11.8. The van der Waals surface area contributed by atoms with E-state index in [1.165, 1.54) is 13.8 Å². The lowest BCUT2D eigenvalue weighted by molar-refractivity contribution is -0.307. The van der Waals surface area contributed by atoms with Crippen LogP contribution in [0.3, 0.4) is 0 Å². The quantitative estimate of drug-likeness (QED) is 0.400. The average molecular weight is 452 g/mol. The van der Waals surface area contributed by atoms with Gasteiger partial charge in [0.05, 0.1) is 6.61 Å². The second-order valence-electron chi connectivity index (χ2n) is 7.17. The number of esters is 4. The molecule has 0 amide bonds. The van der Waals surface area contributed by atoms with Crippen LogP contribution < -0.4 is 0 Å². The van der Waals surface area contributed by atoms with Crippen molar-refractivity contribution in [2.24, 2.45) is 0 Å². The zero-order valence-corrected chi connectivity index (χ0v) is 18.5. The number of hydrogen-bond acceptors (Lipinski definition) is 10. The van der Waals surface area contributed by atoms with Gasteiger partial charge in [-0.2, -0.15) is 0 Å². The first-order valence-electron chi connectivity index (χ1n) is 10.1. The number of benzene rings is 1. The van der Waals surface area contributed by atoms with Crippen LogP contribution in [0.4, 0.5) is 0 Å². The fraction of sp³-hybridized carbons (Fsp3) is 0.545. The number of hydrogen-bond donors (Lipinski definition) is 0. The molecule has 0 spiro atoms. The summed E-state index contributed by atoms with van der Waals surface area (Å²) in [4.78, 5) is 46.6. The Hall–Kier alpha value is -2.98. The third-order valence-corrected chi connectivity index (χ3v) is 4.46. The largest absolute Gasteiger partial charge is 0.463 e. The summed E-state index contributed by atoms with van der Waals surface area (Å²) in [5.41, 5.74) is 1.01. The first kappa shape index (κ1) is 25.3. The van der Waals surface area contributed by atoms with E-state index < -0.39 is 54.6 Å². The maximum Gasteiger partial charge on any atom is 0.303 e. The molecule has 0 saturated carbocycles. The van der Waals surface area contributed by atoms with Gasteiger partial charge in [-0.3, -0.25) is 19.2 Å². The monoisotopic (exact) mass is 452 g/mol. The summed E-state index contributed by atoms with van der Waals surface area (Å²) in [6.45, 7) is 4.61. The number of carbonyl (C=O) groups excluding carboxylic acids is 4. The maximum absolute atomic E-state index is 11.8. The van der Waals surface area contributed by atoms with Crippen molar-refractivity contribution in [1.29, 1.82) is 0 Å². The van der Waals surface area contributed by atoms with Gasteiger partial charge in [-0.25, -0.2) is 0 Å². The van der Waals surface area contributed by atoms with Crippen LogP contribution in [0.25, 0.3) is 0 Å². The fourth-order valence-corrected chi connectivity index (χ4v) is 3.26. The van der Waals surface area contributed by atoms with Crippen LogP contribution >= 0.6 is 0 Å². The fourth-order valence-electron chi connectivity index (χ4n) is 3.26. The first-order chi connectivity index (χ1) is 15.2. The summed E-state index contributed by atoms with van der Waals surface area (Å²) in [6, 6.07) is 9.53. The smallest absolute Gasteiger partial charge is 0.303 e. The molecule has 1 aliphatic heterocycles. The summed E-state index contributed by atoms with van der Waals surface area (Å²) in [5.74, 6) is -2.63. The van der Waals surface area contributed by atoms with Gasteiger partial charge in [0.25, 0.3) is 0 Å². The van der Waals surface area contributed by atoms with Gasteiger partial charge < -0.3 is 28.4 Å². The van der Waals surface area contributed by atoms with Crippen LogP contribution in [0.15, 0.2) is 30.3 Å². The molecule has 176 valence electrons. The summed E-state index contributed by atoms with van der Waals surface area (Å²) < 4.78 is 32.7. The molecular formula is C22H28O10. The van der Waals surface area contributed by atoms with E-state index in [4.69, 9.17) is 28.4 Å². The van der Waals surface area contributed by atoms with Gasteiger partial charge in [0, 0.05) is 27.7 Å². The van der Waals surface area contributed by atoms with Gasteiger partial charge in [-0.05, 0) is 12.0 Å². The Kier molecular flexibility index (Phi) is 9.61. The van der Waals surface area contributed by atoms with Crippen LogP contribution in [0.2, 0.25) is 0 Å². The van der Waals surface area contributed by atoms with Crippen LogP contribution in [-0.4, -0.2) is 67.8 Å². The lowest BCUT2D eigenvalue weighted by atomic mass is 9.98. The molecule has 0 radical (unpaired) electrons. The predicted octanol–water partition coefficient (Wildman–Crippen LogP) is 1.33. The summed E-state index contributed by atoms with van der Waals surface area (Å²) in [5, 5.41) is 0. The summed E-state index contributed by atoms with van der Waals surface area (Å²) >= 11 is 0. The molecule has 1 fully saturated rings. The predicted molar refractivity (Wildman–Crippen MR) is 108 cm³/mol.